The highest BCUT2D eigenvalue weighted by atomic mass is 16.2. The molecule has 0 spiro atoms. The lowest BCUT2D eigenvalue weighted by Crippen LogP contribution is -2.20. The molecule has 0 heterocycles. The maximum atomic E-state index is 11.3. The number of nitrogens with one attached hydrogen (secondary N) is 1. The van der Waals surface area contributed by atoms with Gasteiger partial charge in [-0.2, -0.15) is 5.10 Å². The van der Waals surface area contributed by atoms with Crippen molar-refractivity contribution >= 4 is 12.1 Å². The van der Waals surface area contributed by atoms with E-state index in [2.05, 4.69) is 22.7 Å². The minimum Gasteiger partial charge on any atom is -0.273 e. The van der Waals surface area contributed by atoms with Crippen LogP contribution in [0.1, 0.15) is 39.5 Å². The zero-order valence-corrected chi connectivity index (χ0v) is 9.57. The third-order valence-corrected chi connectivity index (χ3v) is 2.38. The Morgan fingerprint density at radius 2 is 2.40 bits per heavy atom. The molecule has 1 unspecified atom stereocenters. The number of hydrogen-bond donors (Lipinski definition) is 1. The summed E-state index contributed by atoms with van der Waals surface area (Å²) in [7, 11) is 0. The number of nitrogens with zero attached hydrogens (tertiary/aromatic N) is 1. The molecule has 0 radical (unpaired) electrons. The van der Waals surface area contributed by atoms with Gasteiger partial charge in [0.2, 0.25) is 5.91 Å². The maximum absolute atomic E-state index is 11.3. The Balaban J connectivity index is 2.20. The van der Waals surface area contributed by atoms with E-state index in [1.54, 1.807) is 0 Å². The summed E-state index contributed by atoms with van der Waals surface area (Å²) in [5.74, 6) is 0.889. The van der Waals surface area contributed by atoms with E-state index in [0.717, 1.165) is 19.3 Å². The fraction of sp³-hybridized carbons (Fsp3) is 0.667. The zero-order chi connectivity index (χ0) is 11.1. The van der Waals surface area contributed by atoms with Crippen molar-refractivity contribution < 1.29 is 4.79 Å². The number of carbonyl (C=O) groups is 1. The summed E-state index contributed by atoms with van der Waals surface area (Å²) in [6.07, 6.45) is 10.1. The number of rotatable bonds is 4. The molecule has 3 nitrogen and oxygen atoms in total. The number of amides is 1. The van der Waals surface area contributed by atoms with E-state index in [-0.39, 0.29) is 5.91 Å². The highest BCUT2D eigenvalue weighted by Gasteiger charge is 2.07. The molecule has 0 bridgehead atoms. The summed E-state index contributed by atoms with van der Waals surface area (Å²) in [4.78, 5) is 11.3. The zero-order valence-electron chi connectivity index (χ0n) is 9.57. The van der Waals surface area contributed by atoms with E-state index in [0.29, 0.717) is 18.3 Å². The minimum atomic E-state index is 0.00704. The second-order valence-electron chi connectivity index (χ2n) is 4.46. The summed E-state index contributed by atoms with van der Waals surface area (Å²) < 4.78 is 0. The van der Waals surface area contributed by atoms with Gasteiger partial charge >= 0.3 is 0 Å². The summed E-state index contributed by atoms with van der Waals surface area (Å²) >= 11 is 0. The van der Waals surface area contributed by atoms with Crippen molar-refractivity contribution in [2.75, 3.05) is 0 Å². The van der Waals surface area contributed by atoms with Gasteiger partial charge in [0.15, 0.2) is 0 Å². The summed E-state index contributed by atoms with van der Waals surface area (Å²) in [5, 5.41) is 3.99. The molecule has 1 atom stereocenters. The maximum Gasteiger partial charge on any atom is 0.240 e. The lowest BCUT2D eigenvalue weighted by Gasteiger charge is -2.11. The fourth-order valence-electron chi connectivity index (χ4n) is 1.58. The Morgan fingerprint density at radius 1 is 1.60 bits per heavy atom. The molecule has 1 rings (SSSR count). The average molecular weight is 208 g/mol. The Hall–Kier alpha value is -1.12. The van der Waals surface area contributed by atoms with Crippen molar-refractivity contribution in [2.45, 2.75) is 39.5 Å². The molecule has 0 aromatic rings. The number of hydrazone groups is 1. The molecule has 3 heteroatoms. The van der Waals surface area contributed by atoms with Crippen molar-refractivity contribution in [1.82, 2.24) is 5.43 Å². The fourth-order valence-corrected chi connectivity index (χ4v) is 1.58. The van der Waals surface area contributed by atoms with Gasteiger partial charge in [0.25, 0.3) is 0 Å². The van der Waals surface area contributed by atoms with Crippen molar-refractivity contribution in [2.24, 2.45) is 16.9 Å². The monoisotopic (exact) mass is 208 g/mol. The second-order valence-corrected chi connectivity index (χ2v) is 4.46. The van der Waals surface area contributed by atoms with Crippen LogP contribution in [0.2, 0.25) is 0 Å². The van der Waals surface area contributed by atoms with Crippen LogP contribution >= 0.6 is 0 Å². The van der Waals surface area contributed by atoms with Gasteiger partial charge in [-0.15, -0.1) is 0 Å². The van der Waals surface area contributed by atoms with Crippen molar-refractivity contribution in [3.05, 3.63) is 12.2 Å². The topological polar surface area (TPSA) is 41.5 Å². The van der Waals surface area contributed by atoms with Gasteiger partial charge < -0.3 is 0 Å². The Morgan fingerprint density at radius 3 is 3.00 bits per heavy atom. The first kappa shape index (κ1) is 12.0. The molecular weight excluding hydrogens is 188 g/mol. The van der Waals surface area contributed by atoms with Crippen LogP contribution in [0, 0.1) is 11.8 Å². The van der Waals surface area contributed by atoms with Crippen LogP contribution < -0.4 is 5.43 Å². The van der Waals surface area contributed by atoms with Gasteiger partial charge in [-0.05, 0) is 31.1 Å². The molecular formula is C12H20N2O. The summed E-state index contributed by atoms with van der Waals surface area (Å²) in [6, 6.07) is 0. The Bertz CT molecular complexity index is 256. The first-order valence-electron chi connectivity index (χ1n) is 5.65. The van der Waals surface area contributed by atoms with E-state index in [9.17, 15) is 4.79 Å². The lowest BCUT2D eigenvalue weighted by atomic mass is 9.96. The quantitative estimate of drug-likeness (QED) is 0.430. The van der Waals surface area contributed by atoms with Gasteiger partial charge in [0, 0.05) is 12.6 Å². The van der Waals surface area contributed by atoms with E-state index in [1.807, 2.05) is 20.1 Å². The third-order valence-electron chi connectivity index (χ3n) is 2.38. The SMILES string of the molecule is CC(C)CC(=O)N/N=C/C1CC=CCC1. The van der Waals surface area contributed by atoms with Crippen LogP contribution in [0.3, 0.4) is 0 Å². The first-order chi connectivity index (χ1) is 7.18. The molecule has 15 heavy (non-hydrogen) atoms. The predicted molar refractivity (Wildman–Crippen MR) is 62.6 cm³/mol. The van der Waals surface area contributed by atoms with E-state index in [4.69, 9.17) is 0 Å². The van der Waals surface area contributed by atoms with Gasteiger partial charge in [-0.3, -0.25) is 4.79 Å². The average Bonchev–Trinajstić information content (AvgIpc) is 2.18. The van der Waals surface area contributed by atoms with Crippen LogP contribution in [-0.2, 0) is 4.79 Å². The molecule has 0 saturated heterocycles. The first-order valence-corrected chi connectivity index (χ1v) is 5.65. The molecule has 84 valence electrons. The van der Waals surface area contributed by atoms with Gasteiger partial charge in [0.1, 0.15) is 0 Å². The molecule has 1 aliphatic rings. The second kappa shape index (κ2) is 6.38. The van der Waals surface area contributed by atoms with E-state index < -0.39 is 0 Å². The number of hydrogen-bond acceptors (Lipinski definition) is 2. The normalized spacial score (nSPS) is 21.1. The van der Waals surface area contributed by atoms with E-state index >= 15 is 0 Å². The molecule has 0 aliphatic heterocycles. The Kier molecular flexibility index (Phi) is 5.08. The highest BCUT2D eigenvalue weighted by Crippen LogP contribution is 2.15. The van der Waals surface area contributed by atoms with Crippen molar-refractivity contribution in [3.8, 4) is 0 Å². The van der Waals surface area contributed by atoms with Gasteiger partial charge in [0.05, 0.1) is 0 Å². The van der Waals surface area contributed by atoms with Crippen LogP contribution in [0.4, 0.5) is 0 Å². The standard InChI is InChI=1S/C12H20N2O/c1-10(2)8-12(15)14-13-9-11-6-4-3-5-7-11/h3-4,9-11H,5-8H2,1-2H3,(H,14,15)/b13-9+. The Labute approximate surface area is 91.6 Å². The molecule has 1 aliphatic carbocycles. The van der Waals surface area contributed by atoms with E-state index in [1.165, 1.54) is 0 Å². The molecule has 0 aromatic carbocycles. The number of allylic oxidation sites excluding steroid dienone is 2. The molecule has 0 aromatic heterocycles. The smallest absolute Gasteiger partial charge is 0.240 e. The molecule has 1 amide bonds. The van der Waals surface area contributed by atoms with Crippen LogP contribution in [-0.4, -0.2) is 12.1 Å². The largest absolute Gasteiger partial charge is 0.273 e. The minimum absolute atomic E-state index is 0.00704. The van der Waals surface area contributed by atoms with Crippen molar-refractivity contribution in [1.29, 1.82) is 0 Å². The number of carbonyl (C=O) groups excluding carboxylic acids is 1. The third kappa shape index (κ3) is 5.35. The van der Waals surface area contributed by atoms with Crippen LogP contribution in [0.15, 0.2) is 17.3 Å². The van der Waals surface area contributed by atoms with Crippen LogP contribution in [0.25, 0.3) is 0 Å². The molecule has 0 saturated carbocycles. The van der Waals surface area contributed by atoms with Crippen molar-refractivity contribution in [3.63, 3.8) is 0 Å². The summed E-state index contributed by atoms with van der Waals surface area (Å²) in [6.45, 7) is 4.05. The van der Waals surface area contributed by atoms with Gasteiger partial charge in [-0.25, -0.2) is 5.43 Å². The molecule has 0 fully saturated rings. The van der Waals surface area contributed by atoms with Crippen LogP contribution in [0.5, 0.6) is 0 Å². The lowest BCUT2D eigenvalue weighted by molar-refractivity contribution is -0.121. The van der Waals surface area contributed by atoms with Gasteiger partial charge in [-0.1, -0.05) is 26.0 Å². The predicted octanol–water partition coefficient (Wildman–Crippen LogP) is 2.49. The highest BCUT2D eigenvalue weighted by molar-refractivity contribution is 5.77. The summed E-state index contributed by atoms with van der Waals surface area (Å²) in [5.41, 5.74) is 2.57. The molecule has 1 N–H and O–H groups in total.